The lowest BCUT2D eigenvalue weighted by molar-refractivity contribution is -0.127. The normalized spacial score (nSPS) is 21.6. The lowest BCUT2D eigenvalue weighted by atomic mass is 10.0. The summed E-state index contributed by atoms with van der Waals surface area (Å²) in [6.07, 6.45) is 13.9. The number of nitrogens with one attached hydrogen (secondary N) is 3. The first kappa shape index (κ1) is 23.0. The molecule has 3 aromatic rings. The van der Waals surface area contributed by atoms with Crippen LogP contribution in [-0.4, -0.2) is 79.7 Å². The number of fused-ring (bicyclic) bond motifs is 1. The molecule has 0 unspecified atom stereocenters. The number of carbonyl (C=O) groups is 1. The van der Waals surface area contributed by atoms with Gasteiger partial charge in [-0.3, -0.25) is 9.48 Å². The second kappa shape index (κ2) is 9.57. The van der Waals surface area contributed by atoms with Crippen LogP contribution in [0.1, 0.15) is 56.0 Å². The smallest absolute Gasteiger partial charge is 0.246 e. The summed E-state index contributed by atoms with van der Waals surface area (Å²) < 4.78 is 2.07. The summed E-state index contributed by atoms with van der Waals surface area (Å²) in [7, 11) is 2.17. The molecule has 36 heavy (non-hydrogen) atoms. The van der Waals surface area contributed by atoms with Gasteiger partial charge < -0.3 is 25.4 Å². The summed E-state index contributed by atoms with van der Waals surface area (Å²) in [6, 6.07) is 0.553. The Morgan fingerprint density at radius 2 is 2.00 bits per heavy atom. The van der Waals surface area contributed by atoms with Crippen LogP contribution in [-0.2, 0) is 4.79 Å². The Bertz CT molecular complexity index is 1250. The molecule has 1 atom stereocenters. The topological polar surface area (TPSA) is 107 Å². The molecule has 3 aromatic heterocycles. The maximum atomic E-state index is 12.2. The third-order valence-electron chi connectivity index (χ3n) is 7.75. The number of hydrogen-bond donors (Lipinski definition) is 3. The van der Waals surface area contributed by atoms with Crippen molar-refractivity contribution in [1.82, 2.24) is 34.5 Å². The van der Waals surface area contributed by atoms with Crippen LogP contribution in [0.5, 0.6) is 0 Å². The van der Waals surface area contributed by atoms with Crippen molar-refractivity contribution in [2.45, 2.75) is 56.5 Å². The largest absolute Gasteiger partial charge is 0.365 e. The van der Waals surface area contributed by atoms with Crippen LogP contribution in [0.2, 0.25) is 0 Å². The Morgan fingerprint density at radius 3 is 2.78 bits per heavy atom. The van der Waals surface area contributed by atoms with Crippen molar-refractivity contribution in [1.29, 1.82) is 0 Å². The third kappa shape index (κ3) is 4.69. The minimum atomic E-state index is -0.0152. The van der Waals surface area contributed by atoms with Crippen molar-refractivity contribution in [2.24, 2.45) is 0 Å². The van der Waals surface area contributed by atoms with Gasteiger partial charge in [-0.25, -0.2) is 0 Å². The fourth-order valence-corrected chi connectivity index (χ4v) is 5.54. The van der Waals surface area contributed by atoms with E-state index in [9.17, 15) is 4.79 Å². The summed E-state index contributed by atoms with van der Waals surface area (Å²) in [5.74, 6) is 1.91. The minimum absolute atomic E-state index is 0.0152. The predicted octanol–water partition coefficient (Wildman–Crippen LogP) is 3.63. The number of nitrogens with zero attached hydrogens (tertiary/aromatic N) is 6. The van der Waals surface area contributed by atoms with Gasteiger partial charge in [0, 0.05) is 31.5 Å². The molecule has 0 spiro atoms. The number of amides is 1. The maximum absolute atomic E-state index is 12.2. The molecule has 5 heterocycles. The standard InChI is InChI=1S/C26H35N9O/c1-3-22(36)34-10-4-5-18(15-34)29-25-23-21(17-6-7-17)14-27-24(23)31-26(32-25)30-19-13-28-35(16-19)20-8-11-33(2)12-9-20/h3,13-14,16-18,20H,1,4-12,15H2,2H3,(H3,27,29,30,31,32)/t18-/m1/s1. The first-order valence-electron chi connectivity index (χ1n) is 13.1. The number of rotatable bonds is 7. The van der Waals surface area contributed by atoms with E-state index in [1.165, 1.54) is 24.5 Å². The molecule has 10 nitrogen and oxygen atoms in total. The monoisotopic (exact) mass is 489 g/mol. The van der Waals surface area contributed by atoms with Gasteiger partial charge in [-0.15, -0.1) is 0 Å². The molecule has 1 amide bonds. The van der Waals surface area contributed by atoms with Gasteiger partial charge in [0.2, 0.25) is 11.9 Å². The number of aromatic nitrogens is 5. The molecule has 1 aliphatic carbocycles. The van der Waals surface area contributed by atoms with E-state index < -0.39 is 0 Å². The zero-order valence-corrected chi connectivity index (χ0v) is 20.9. The second-order valence-electron chi connectivity index (χ2n) is 10.5. The maximum Gasteiger partial charge on any atom is 0.246 e. The van der Waals surface area contributed by atoms with Crippen molar-refractivity contribution >= 4 is 34.4 Å². The third-order valence-corrected chi connectivity index (χ3v) is 7.75. The molecule has 1 saturated carbocycles. The van der Waals surface area contributed by atoms with Crippen molar-refractivity contribution < 1.29 is 4.79 Å². The average Bonchev–Trinajstić information content (AvgIpc) is 3.48. The van der Waals surface area contributed by atoms with Crippen molar-refractivity contribution in [3.8, 4) is 0 Å². The van der Waals surface area contributed by atoms with Crippen LogP contribution in [0, 0.1) is 0 Å². The summed E-state index contributed by atoms with van der Waals surface area (Å²) in [4.78, 5) is 29.5. The van der Waals surface area contributed by atoms with Crippen LogP contribution in [0.3, 0.4) is 0 Å². The molecule has 3 aliphatic rings. The quantitative estimate of drug-likeness (QED) is 0.435. The molecule has 0 radical (unpaired) electrons. The number of piperidine rings is 2. The molecule has 0 bridgehead atoms. The number of H-pyrrole nitrogens is 1. The fraction of sp³-hybridized carbons (Fsp3) is 0.538. The zero-order valence-electron chi connectivity index (χ0n) is 20.9. The van der Waals surface area contributed by atoms with Gasteiger partial charge in [0.25, 0.3) is 0 Å². The summed E-state index contributed by atoms with van der Waals surface area (Å²) in [6.45, 7) is 7.25. The Balaban J connectivity index is 1.25. The second-order valence-corrected chi connectivity index (χ2v) is 10.5. The van der Waals surface area contributed by atoms with Gasteiger partial charge in [-0.2, -0.15) is 15.1 Å². The predicted molar refractivity (Wildman–Crippen MR) is 141 cm³/mol. The first-order chi connectivity index (χ1) is 17.6. The SMILES string of the molecule is C=CC(=O)N1CCC[C@@H](Nc2nc(Nc3cnn(C4CCN(C)CC4)c3)nc3[nH]cc(C4CC4)c23)C1. The molecule has 2 saturated heterocycles. The number of aromatic amines is 1. The zero-order chi connectivity index (χ0) is 24.6. The Labute approximate surface area is 211 Å². The molecule has 2 aliphatic heterocycles. The van der Waals surface area contributed by atoms with Crippen LogP contribution in [0.15, 0.2) is 31.2 Å². The fourth-order valence-electron chi connectivity index (χ4n) is 5.54. The van der Waals surface area contributed by atoms with E-state index in [0.29, 0.717) is 24.5 Å². The van der Waals surface area contributed by atoms with Crippen LogP contribution in [0.4, 0.5) is 17.5 Å². The molecular formula is C26H35N9O. The number of hydrogen-bond acceptors (Lipinski definition) is 7. The van der Waals surface area contributed by atoms with Crippen LogP contribution in [0.25, 0.3) is 11.0 Å². The van der Waals surface area contributed by atoms with Crippen molar-refractivity contribution in [3.63, 3.8) is 0 Å². The molecule has 190 valence electrons. The lowest BCUT2D eigenvalue weighted by Crippen LogP contribution is -2.44. The van der Waals surface area contributed by atoms with Gasteiger partial charge >= 0.3 is 0 Å². The Morgan fingerprint density at radius 1 is 1.17 bits per heavy atom. The molecule has 0 aromatic carbocycles. The molecule has 6 rings (SSSR count). The molecule has 10 heteroatoms. The minimum Gasteiger partial charge on any atom is -0.365 e. The number of likely N-dealkylation sites (tertiary alicyclic amines) is 2. The highest BCUT2D eigenvalue weighted by molar-refractivity contribution is 5.92. The van der Waals surface area contributed by atoms with Gasteiger partial charge in [0.15, 0.2) is 0 Å². The Hall–Kier alpha value is -3.40. The van der Waals surface area contributed by atoms with Gasteiger partial charge in [0.05, 0.1) is 23.3 Å². The number of carbonyl (C=O) groups excluding carboxylic acids is 1. The van der Waals surface area contributed by atoms with Crippen molar-refractivity contribution in [2.75, 3.05) is 43.9 Å². The highest BCUT2D eigenvalue weighted by Crippen LogP contribution is 2.44. The summed E-state index contributed by atoms with van der Waals surface area (Å²) in [5, 5.41) is 12.7. The summed E-state index contributed by atoms with van der Waals surface area (Å²) in [5.41, 5.74) is 2.99. The van der Waals surface area contributed by atoms with E-state index in [1.54, 1.807) is 0 Å². The van der Waals surface area contributed by atoms with Crippen molar-refractivity contribution in [3.05, 3.63) is 36.8 Å². The Kier molecular flexibility index (Phi) is 6.12. The first-order valence-corrected chi connectivity index (χ1v) is 13.1. The highest BCUT2D eigenvalue weighted by Gasteiger charge is 2.30. The molecule has 3 N–H and O–H groups in total. The lowest BCUT2D eigenvalue weighted by Gasteiger charge is -2.33. The van der Waals surface area contributed by atoms with Gasteiger partial charge in [-0.05, 0) is 76.2 Å². The molecular weight excluding hydrogens is 454 g/mol. The van der Waals surface area contributed by atoms with Gasteiger partial charge in [-0.1, -0.05) is 6.58 Å². The number of anilines is 3. The van der Waals surface area contributed by atoms with Crippen LogP contribution < -0.4 is 10.6 Å². The van der Waals surface area contributed by atoms with E-state index in [4.69, 9.17) is 9.97 Å². The van der Waals surface area contributed by atoms with E-state index in [2.05, 4.69) is 56.3 Å². The van der Waals surface area contributed by atoms with Gasteiger partial charge in [0.1, 0.15) is 11.5 Å². The van der Waals surface area contributed by atoms with E-state index in [0.717, 1.165) is 67.9 Å². The van der Waals surface area contributed by atoms with Crippen LogP contribution >= 0.6 is 0 Å². The summed E-state index contributed by atoms with van der Waals surface area (Å²) >= 11 is 0. The molecule has 3 fully saturated rings. The highest BCUT2D eigenvalue weighted by atomic mass is 16.2. The van der Waals surface area contributed by atoms with E-state index in [1.807, 2.05) is 11.1 Å². The van der Waals surface area contributed by atoms with E-state index >= 15 is 0 Å². The van der Waals surface area contributed by atoms with E-state index in [-0.39, 0.29) is 11.9 Å². The average molecular weight is 490 g/mol.